The third-order valence-electron chi connectivity index (χ3n) is 5.19. The first kappa shape index (κ1) is 22.3. The molecule has 3 aromatic heterocycles. The summed E-state index contributed by atoms with van der Waals surface area (Å²) < 4.78 is 8.40. The van der Waals surface area contributed by atoms with Gasteiger partial charge in [-0.15, -0.1) is 0 Å². The number of fused-ring (bicyclic) bond motifs is 1. The molecule has 3 aromatic rings. The Labute approximate surface area is 200 Å². The Morgan fingerprint density at radius 2 is 2.06 bits per heavy atom. The summed E-state index contributed by atoms with van der Waals surface area (Å²) in [5.74, 6) is 1.45. The highest BCUT2D eigenvalue weighted by atomic mass is 127. The van der Waals surface area contributed by atoms with E-state index in [0.29, 0.717) is 31.0 Å². The van der Waals surface area contributed by atoms with Crippen LogP contribution in [0.3, 0.4) is 0 Å². The standard InChI is InChI=1S/C22H24IN7O2/c1-14-11-28(21(31)32-22(2,3)4)7-8-29(14)19-18-16(23)12-30(20(18)27-13-26-19)17-9-15(10-24)5-6-25-17/h5-6,9,12-14H,7-8,11H2,1-4H3/t14-/m0/s1. The van der Waals surface area contributed by atoms with Crippen LogP contribution in [-0.2, 0) is 4.74 Å². The lowest BCUT2D eigenvalue weighted by atomic mass is 10.1. The number of hydrogen-bond acceptors (Lipinski definition) is 7. The average Bonchev–Trinajstić information content (AvgIpc) is 3.09. The second-order valence-electron chi connectivity index (χ2n) is 8.73. The smallest absolute Gasteiger partial charge is 0.410 e. The topological polar surface area (TPSA) is 100 Å². The summed E-state index contributed by atoms with van der Waals surface area (Å²) in [6.45, 7) is 9.42. The van der Waals surface area contributed by atoms with E-state index in [-0.39, 0.29) is 12.1 Å². The van der Waals surface area contributed by atoms with Gasteiger partial charge >= 0.3 is 6.09 Å². The van der Waals surface area contributed by atoms with Crippen molar-refractivity contribution in [1.29, 1.82) is 5.26 Å². The van der Waals surface area contributed by atoms with Crippen molar-refractivity contribution in [2.45, 2.75) is 39.3 Å². The van der Waals surface area contributed by atoms with Gasteiger partial charge in [-0.2, -0.15) is 5.26 Å². The fourth-order valence-electron chi connectivity index (χ4n) is 3.78. The molecule has 0 spiro atoms. The number of nitrogens with zero attached hydrogens (tertiary/aromatic N) is 7. The van der Waals surface area contributed by atoms with Crippen LogP contribution in [0.5, 0.6) is 0 Å². The van der Waals surface area contributed by atoms with Crippen molar-refractivity contribution in [2.24, 2.45) is 0 Å². The van der Waals surface area contributed by atoms with Crippen molar-refractivity contribution < 1.29 is 9.53 Å². The molecule has 0 saturated carbocycles. The fraction of sp³-hybridized carbons (Fsp3) is 0.409. The number of rotatable bonds is 2. The van der Waals surface area contributed by atoms with Gasteiger partial charge in [0.15, 0.2) is 5.65 Å². The number of aromatic nitrogens is 4. The van der Waals surface area contributed by atoms with Crippen LogP contribution < -0.4 is 4.90 Å². The third-order valence-corrected chi connectivity index (χ3v) is 6.01. The summed E-state index contributed by atoms with van der Waals surface area (Å²) in [4.78, 5) is 30.0. The summed E-state index contributed by atoms with van der Waals surface area (Å²) in [7, 11) is 0. The molecule has 10 heteroatoms. The van der Waals surface area contributed by atoms with E-state index in [1.54, 1.807) is 29.6 Å². The minimum Gasteiger partial charge on any atom is -0.444 e. The molecule has 0 radical (unpaired) electrons. The molecule has 4 rings (SSSR count). The van der Waals surface area contributed by atoms with E-state index in [0.717, 1.165) is 20.4 Å². The van der Waals surface area contributed by atoms with Gasteiger partial charge in [0.25, 0.3) is 0 Å². The van der Waals surface area contributed by atoms with Gasteiger partial charge < -0.3 is 14.5 Å². The molecule has 0 N–H and O–H groups in total. The quantitative estimate of drug-likeness (QED) is 0.453. The second-order valence-corrected chi connectivity index (χ2v) is 9.89. The molecule has 1 saturated heterocycles. The van der Waals surface area contributed by atoms with E-state index in [1.807, 2.05) is 31.5 Å². The molecule has 1 fully saturated rings. The average molecular weight is 545 g/mol. The molecule has 1 aliphatic rings. The second kappa shape index (κ2) is 8.54. The van der Waals surface area contributed by atoms with Crippen LogP contribution in [0.15, 0.2) is 30.9 Å². The maximum absolute atomic E-state index is 12.5. The summed E-state index contributed by atoms with van der Waals surface area (Å²) >= 11 is 2.28. The highest BCUT2D eigenvalue weighted by Gasteiger charge is 2.32. The van der Waals surface area contributed by atoms with E-state index in [1.165, 1.54) is 0 Å². The normalized spacial score (nSPS) is 16.8. The minimum atomic E-state index is -0.522. The van der Waals surface area contributed by atoms with Gasteiger partial charge in [-0.1, -0.05) is 0 Å². The lowest BCUT2D eigenvalue weighted by Gasteiger charge is -2.41. The highest BCUT2D eigenvalue weighted by Crippen LogP contribution is 2.33. The maximum atomic E-state index is 12.5. The SMILES string of the molecule is C[C@H]1CN(C(=O)OC(C)(C)C)CCN1c1ncnc2c1c(I)cn2-c1cc(C#N)ccn1. The summed E-state index contributed by atoms with van der Waals surface area (Å²) in [5, 5.41) is 10.2. The van der Waals surface area contributed by atoms with Crippen molar-refractivity contribution >= 4 is 45.5 Å². The first-order chi connectivity index (χ1) is 15.2. The van der Waals surface area contributed by atoms with Crippen molar-refractivity contribution in [3.8, 4) is 11.9 Å². The van der Waals surface area contributed by atoms with E-state index in [9.17, 15) is 10.1 Å². The molecule has 0 bridgehead atoms. The van der Waals surface area contributed by atoms with Gasteiger partial charge in [0, 0.05) is 41.6 Å². The van der Waals surface area contributed by atoms with Gasteiger partial charge in [0.05, 0.1) is 17.0 Å². The van der Waals surface area contributed by atoms with E-state index in [2.05, 4.69) is 55.4 Å². The molecular weight excluding hydrogens is 521 g/mol. The maximum Gasteiger partial charge on any atom is 0.410 e. The zero-order valence-electron chi connectivity index (χ0n) is 18.4. The number of ether oxygens (including phenoxy) is 1. The van der Waals surface area contributed by atoms with Gasteiger partial charge in [0.2, 0.25) is 0 Å². The van der Waals surface area contributed by atoms with Crippen LogP contribution in [0.4, 0.5) is 10.6 Å². The first-order valence-electron chi connectivity index (χ1n) is 10.3. The molecular formula is C22H24IN7O2. The number of carbonyl (C=O) groups excluding carboxylic acids is 1. The Morgan fingerprint density at radius 3 is 2.75 bits per heavy atom. The van der Waals surface area contributed by atoms with Crippen molar-refractivity contribution in [3.05, 3.63) is 40.0 Å². The van der Waals surface area contributed by atoms with Gasteiger partial charge in [-0.25, -0.2) is 19.7 Å². The lowest BCUT2D eigenvalue weighted by Crippen LogP contribution is -2.54. The minimum absolute atomic E-state index is 0.0496. The zero-order chi connectivity index (χ0) is 23.0. The molecule has 166 valence electrons. The summed E-state index contributed by atoms with van der Waals surface area (Å²) in [6.07, 6.45) is 4.83. The van der Waals surface area contributed by atoms with Crippen molar-refractivity contribution in [3.63, 3.8) is 0 Å². The number of amides is 1. The van der Waals surface area contributed by atoms with Crippen molar-refractivity contribution in [1.82, 2.24) is 24.4 Å². The Morgan fingerprint density at radius 1 is 1.28 bits per heavy atom. The number of hydrogen-bond donors (Lipinski definition) is 0. The van der Waals surface area contributed by atoms with Crippen LogP contribution in [0.1, 0.15) is 33.3 Å². The Hall–Kier alpha value is -2.94. The first-order valence-corrected chi connectivity index (χ1v) is 11.4. The molecule has 4 heterocycles. The number of nitriles is 1. The van der Waals surface area contributed by atoms with Gasteiger partial charge in [0.1, 0.15) is 23.6 Å². The van der Waals surface area contributed by atoms with E-state index in [4.69, 9.17) is 4.74 Å². The fourth-order valence-corrected chi connectivity index (χ4v) is 4.54. The van der Waals surface area contributed by atoms with Crippen LogP contribution in [0.25, 0.3) is 16.9 Å². The molecule has 1 atom stereocenters. The number of halogens is 1. The summed E-state index contributed by atoms with van der Waals surface area (Å²) in [6, 6.07) is 5.61. The summed E-state index contributed by atoms with van der Waals surface area (Å²) in [5.41, 5.74) is 0.739. The molecule has 0 unspecified atom stereocenters. The Bertz CT molecular complexity index is 1210. The van der Waals surface area contributed by atoms with E-state index >= 15 is 0 Å². The number of carbonyl (C=O) groups is 1. The molecule has 1 aliphatic heterocycles. The van der Waals surface area contributed by atoms with Crippen LogP contribution in [0.2, 0.25) is 0 Å². The monoisotopic (exact) mass is 545 g/mol. The van der Waals surface area contributed by atoms with Gasteiger partial charge in [-0.05, 0) is 62.4 Å². The third kappa shape index (κ3) is 4.34. The number of pyridine rings is 1. The zero-order valence-corrected chi connectivity index (χ0v) is 20.6. The highest BCUT2D eigenvalue weighted by molar-refractivity contribution is 14.1. The van der Waals surface area contributed by atoms with Gasteiger partial charge in [-0.3, -0.25) is 4.57 Å². The van der Waals surface area contributed by atoms with Crippen LogP contribution in [0, 0.1) is 14.9 Å². The predicted molar refractivity (Wildman–Crippen MR) is 129 cm³/mol. The molecule has 0 aliphatic carbocycles. The number of piperazine rings is 1. The Balaban J connectivity index is 1.65. The van der Waals surface area contributed by atoms with E-state index < -0.39 is 5.60 Å². The number of anilines is 1. The van der Waals surface area contributed by atoms with Crippen LogP contribution in [-0.4, -0.2) is 61.8 Å². The van der Waals surface area contributed by atoms with Crippen molar-refractivity contribution in [2.75, 3.05) is 24.5 Å². The molecule has 1 amide bonds. The lowest BCUT2D eigenvalue weighted by molar-refractivity contribution is 0.0218. The molecule has 32 heavy (non-hydrogen) atoms. The molecule has 0 aromatic carbocycles. The molecule has 9 nitrogen and oxygen atoms in total. The predicted octanol–water partition coefficient (Wildman–Crippen LogP) is 3.74. The Kier molecular flexibility index (Phi) is 5.94. The largest absolute Gasteiger partial charge is 0.444 e. The van der Waals surface area contributed by atoms with Crippen LogP contribution >= 0.6 is 22.6 Å².